The first-order chi connectivity index (χ1) is 13.2. The molecule has 0 saturated carbocycles. The maximum Gasteiger partial charge on any atom is 0.134 e. The lowest BCUT2D eigenvalue weighted by atomic mass is 9.75. The van der Waals surface area contributed by atoms with Crippen molar-refractivity contribution in [1.29, 1.82) is 0 Å². The standard InChI is InChI=1S/C24H32BrNO2/c1-16-13-17(2)15-26(14-16)23(28)22(27)24(3,4)21-8-6-5-7-20(21)18-9-11-19(25)12-10-18/h5-12,16-17,22-23,27-28H,13-15H2,1-4H3. The van der Waals surface area contributed by atoms with E-state index in [1.807, 2.05) is 43.0 Å². The van der Waals surface area contributed by atoms with Crippen LogP contribution in [-0.2, 0) is 5.41 Å². The van der Waals surface area contributed by atoms with E-state index in [1.165, 1.54) is 6.42 Å². The molecule has 28 heavy (non-hydrogen) atoms. The van der Waals surface area contributed by atoms with Crippen LogP contribution in [0.2, 0.25) is 0 Å². The average Bonchev–Trinajstić information content (AvgIpc) is 2.66. The second-order valence-electron chi connectivity index (χ2n) is 9.03. The van der Waals surface area contributed by atoms with E-state index in [0.29, 0.717) is 11.8 Å². The predicted molar refractivity (Wildman–Crippen MR) is 119 cm³/mol. The van der Waals surface area contributed by atoms with E-state index >= 15 is 0 Å². The van der Waals surface area contributed by atoms with Crippen LogP contribution in [0.4, 0.5) is 0 Å². The monoisotopic (exact) mass is 445 g/mol. The van der Waals surface area contributed by atoms with E-state index in [-0.39, 0.29) is 0 Å². The Labute approximate surface area is 177 Å². The topological polar surface area (TPSA) is 43.7 Å². The number of benzene rings is 2. The molecule has 152 valence electrons. The molecule has 4 heteroatoms. The molecule has 0 amide bonds. The first-order valence-electron chi connectivity index (χ1n) is 10.2. The van der Waals surface area contributed by atoms with Crippen molar-refractivity contribution in [3.8, 4) is 11.1 Å². The zero-order valence-corrected chi connectivity index (χ0v) is 18.9. The number of nitrogens with zero attached hydrogens (tertiary/aromatic N) is 1. The van der Waals surface area contributed by atoms with Crippen molar-refractivity contribution in [1.82, 2.24) is 4.90 Å². The molecule has 2 aromatic rings. The zero-order chi connectivity index (χ0) is 20.5. The lowest BCUT2D eigenvalue weighted by Crippen LogP contribution is -2.55. The summed E-state index contributed by atoms with van der Waals surface area (Å²) in [4.78, 5) is 2.05. The maximum atomic E-state index is 11.2. The molecule has 4 atom stereocenters. The maximum absolute atomic E-state index is 11.2. The number of halogens is 1. The molecule has 2 aromatic carbocycles. The number of hydrogen-bond donors (Lipinski definition) is 2. The van der Waals surface area contributed by atoms with Crippen molar-refractivity contribution in [3.05, 3.63) is 58.6 Å². The van der Waals surface area contributed by atoms with Gasteiger partial charge in [-0.2, -0.15) is 0 Å². The lowest BCUT2D eigenvalue weighted by Gasteiger charge is -2.43. The Morgan fingerprint density at radius 2 is 1.54 bits per heavy atom. The van der Waals surface area contributed by atoms with Crippen molar-refractivity contribution in [2.45, 2.75) is 51.9 Å². The van der Waals surface area contributed by atoms with Crippen LogP contribution >= 0.6 is 15.9 Å². The summed E-state index contributed by atoms with van der Waals surface area (Å²) in [5, 5.41) is 22.3. The molecule has 1 aliphatic heterocycles. The molecule has 1 aliphatic rings. The quantitative estimate of drug-likeness (QED) is 0.676. The largest absolute Gasteiger partial charge is 0.388 e. The molecule has 4 unspecified atom stereocenters. The summed E-state index contributed by atoms with van der Waals surface area (Å²) >= 11 is 3.49. The van der Waals surface area contributed by atoms with Crippen LogP contribution in [0.25, 0.3) is 11.1 Å². The highest BCUT2D eigenvalue weighted by Gasteiger charge is 2.40. The predicted octanol–water partition coefficient (Wildman–Crippen LogP) is 5.05. The summed E-state index contributed by atoms with van der Waals surface area (Å²) in [5.74, 6) is 1.06. The summed E-state index contributed by atoms with van der Waals surface area (Å²) in [6, 6.07) is 16.4. The van der Waals surface area contributed by atoms with Gasteiger partial charge in [0.05, 0.1) is 0 Å². The Balaban J connectivity index is 1.91. The number of likely N-dealkylation sites (tertiary alicyclic amines) is 1. The Morgan fingerprint density at radius 1 is 0.964 bits per heavy atom. The normalized spacial score (nSPS) is 23.4. The molecular weight excluding hydrogens is 414 g/mol. The van der Waals surface area contributed by atoms with Crippen molar-refractivity contribution in [2.75, 3.05) is 13.1 Å². The molecule has 1 heterocycles. The first-order valence-corrected chi connectivity index (χ1v) is 10.9. The molecule has 0 aliphatic carbocycles. The van der Waals surface area contributed by atoms with Crippen LogP contribution in [0.15, 0.2) is 53.0 Å². The Hall–Kier alpha value is -1.20. The molecule has 1 fully saturated rings. The Morgan fingerprint density at radius 3 is 2.14 bits per heavy atom. The van der Waals surface area contributed by atoms with E-state index < -0.39 is 17.7 Å². The SMILES string of the molecule is CC1CC(C)CN(C(O)C(O)C(C)(C)c2ccccc2-c2ccc(Br)cc2)C1. The molecule has 0 spiro atoms. The highest BCUT2D eigenvalue weighted by atomic mass is 79.9. The van der Waals surface area contributed by atoms with Crippen LogP contribution < -0.4 is 0 Å². The van der Waals surface area contributed by atoms with Gasteiger partial charge in [0, 0.05) is 23.0 Å². The van der Waals surface area contributed by atoms with Crippen LogP contribution in [0, 0.1) is 11.8 Å². The number of piperidine rings is 1. The van der Waals surface area contributed by atoms with Gasteiger partial charge in [-0.05, 0) is 47.1 Å². The van der Waals surface area contributed by atoms with Crippen LogP contribution in [-0.4, -0.2) is 40.5 Å². The van der Waals surface area contributed by atoms with E-state index in [4.69, 9.17) is 0 Å². The summed E-state index contributed by atoms with van der Waals surface area (Å²) < 4.78 is 1.04. The Bertz CT molecular complexity index is 779. The molecule has 3 rings (SSSR count). The smallest absolute Gasteiger partial charge is 0.134 e. The van der Waals surface area contributed by atoms with Crippen molar-refractivity contribution >= 4 is 15.9 Å². The van der Waals surface area contributed by atoms with Gasteiger partial charge in [0.15, 0.2) is 0 Å². The van der Waals surface area contributed by atoms with Gasteiger partial charge >= 0.3 is 0 Å². The van der Waals surface area contributed by atoms with Crippen molar-refractivity contribution in [3.63, 3.8) is 0 Å². The van der Waals surface area contributed by atoms with E-state index in [0.717, 1.165) is 34.3 Å². The van der Waals surface area contributed by atoms with Crippen LogP contribution in [0.1, 0.15) is 39.7 Å². The van der Waals surface area contributed by atoms with Crippen molar-refractivity contribution < 1.29 is 10.2 Å². The number of aliphatic hydroxyl groups excluding tert-OH is 2. The van der Waals surface area contributed by atoms with Gasteiger partial charge in [0.2, 0.25) is 0 Å². The number of rotatable bonds is 5. The second kappa shape index (κ2) is 8.66. The fourth-order valence-electron chi connectivity index (χ4n) is 4.59. The fourth-order valence-corrected chi connectivity index (χ4v) is 4.85. The minimum atomic E-state index is -0.887. The highest BCUT2D eigenvalue weighted by Crippen LogP contribution is 2.38. The summed E-state index contributed by atoms with van der Waals surface area (Å²) in [7, 11) is 0. The van der Waals surface area contributed by atoms with Gasteiger partial charge in [-0.1, -0.05) is 80.0 Å². The van der Waals surface area contributed by atoms with E-state index in [2.05, 4.69) is 54.0 Å². The van der Waals surface area contributed by atoms with Crippen molar-refractivity contribution in [2.24, 2.45) is 11.8 Å². The van der Waals surface area contributed by atoms with Crippen LogP contribution in [0.5, 0.6) is 0 Å². The number of hydrogen-bond acceptors (Lipinski definition) is 3. The average molecular weight is 446 g/mol. The minimum Gasteiger partial charge on any atom is -0.388 e. The van der Waals surface area contributed by atoms with Gasteiger partial charge in [-0.25, -0.2) is 0 Å². The van der Waals surface area contributed by atoms with Gasteiger partial charge < -0.3 is 10.2 Å². The molecule has 0 aromatic heterocycles. The highest BCUT2D eigenvalue weighted by molar-refractivity contribution is 9.10. The summed E-state index contributed by atoms with van der Waals surface area (Å²) in [5.41, 5.74) is 2.63. The second-order valence-corrected chi connectivity index (χ2v) is 9.95. The zero-order valence-electron chi connectivity index (χ0n) is 17.3. The molecule has 0 radical (unpaired) electrons. The van der Waals surface area contributed by atoms with Gasteiger partial charge in [-0.15, -0.1) is 0 Å². The molecule has 3 nitrogen and oxygen atoms in total. The van der Waals surface area contributed by atoms with Gasteiger partial charge in [0.25, 0.3) is 0 Å². The summed E-state index contributed by atoms with van der Waals surface area (Å²) in [6.07, 6.45) is -0.588. The minimum absolute atomic E-state index is 0.531. The third-order valence-electron chi connectivity index (χ3n) is 6.07. The Kier molecular flexibility index (Phi) is 6.65. The third-order valence-corrected chi connectivity index (χ3v) is 6.60. The third kappa shape index (κ3) is 4.51. The molecular formula is C24H32BrNO2. The molecule has 1 saturated heterocycles. The van der Waals surface area contributed by atoms with E-state index in [9.17, 15) is 10.2 Å². The lowest BCUT2D eigenvalue weighted by molar-refractivity contribution is -0.124. The molecule has 2 N–H and O–H groups in total. The van der Waals surface area contributed by atoms with E-state index in [1.54, 1.807) is 0 Å². The van der Waals surface area contributed by atoms with Gasteiger partial charge in [-0.3, -0.25) is 4.90 Å². The fraction of sp³-hybridized carbons (Fsp3) is 0.500. The molecule has 0 bridgehead atoms. The number of aliphatic hydroxyl groups is 2. The van der Waals surface area contributed by atoms with Gasteiger partial charge in [0.1, 0.15) is 12.3 Å². The first kappa shape index (κ1) is 21.5. The van der Waals surface area contributed by atoms with Crippen LogP contribution in [0.3, 0.4) is 0 Å². The summed E-state index contributed by atoms with van der Waals surface area (Å²) in [6.45, 7) is 10.1.